The summed E-state index contributed by atoms with van der Waals surface area (Å²) in [6.45, 7) is 0. The van der Waals surface area contributed by atoms with Crippen LogP contribution in [-0.2, 0) is 9.53 Å². The van der Waals surface area contributed by atoms with Crippen molar-refractivity contribution < 1.29 is 18.3 Å². The number of ether oxygens (including phenoxy) is 1. The number of halogens is 3. The molecule has 21 heavy (non-hydrogen) atoms. The lowest BCUT2D eigenvalue weighted by Gasteiger charge is -2.03. The Bertz CT molecular complexity index is 785. The van der Waals surface area contributed by atoms with Gasteiger partial charge in [-0.05, 0) is 29.7 Å². The molecule has 7 heteroatoms. The van der Waals surface area contributed by atoms with E-state index in [-0.39, 0.29) is 22.2 Å². The van der Waals surface area contributed by atoms with Crippen molar-refractivity contribution in [3.8, 4) is 0 Å². The van der Waals surface area contributed by atoms with E-state index in [9.17, 15) is 13.6 Å². The van der Waals surface area contributed by atoms with Crippen molar-refractivity contribution in [2.24, 2.45) is 4.99 Å². The average molecular weight is 326 g/mol. The number of hydrogen-bond acceptors (Lipinski definition) is 4. The summed E-state index contributed by atoms with van der Waals surface area (Å²) in [7, 11) is 0. The Morgan fingerprint density at radius 1 is 1.29 bits per heavy atom. The van der Waals surface area contributed by atoms with E-state index in [2.05, 4.69) is 4.99 Å². The molecule has 3 nitrogen and oxygen atoms in total. The zero-order chi connectivity index (χ0) is 15.0. The van der Waals surface area contributed by atoms with Crippen LogP contribution in [0.5, 0.6) is 0 Å². The van der Waals surface area contributed by atoms with Crippen LogP contribution in [0.25, 0.3) is 6.08 Å². The van der Waals surface area contributed by atoms with Gasteiger partial charge in [-0.25, -0.2) is 18.6 Å². The molecule has 1 aromatic heterocycles. The molecule has 0 unspecified atom stereocenters. The molecule has 0 bridgehead atoms. The second kappa shape index (κ2) is 5.38. The predicted molar refractivity (Wildman–Crippen MR) is 76.3 cm³/mol. The number of cyclic esters (lactones) is 1. The first kappa shape index (κ1) is 13.9. The van der Waals surface area contributed by atoms with Crippen LogP contribution in [0.3, 0.4) is 0 Å². The van der Waals surface area contributed by atoms with Crippen LogP contribution >= 0.6 is 22.9 Å². The van der Waals surface area contributed by atoms with Gasteiger partial charge in [0.15, 0.2) is 17.3 Å². The Hall–Kier alpha value is -2.05. The Balaban J connectivity index is 2.01. The maximum Gasteiger partial charge on any atom is 0.363 e. The van der Waals surface area contributed by atoms with Crippen molar-refractivity contribution in [3.63, 3.8) is 0 Å². The number of aliphatic imine (C=N–C) groups is 1. The molecule has 0 spiro atoms. The van der Waals surface area contributed by atoms with E-state index in [1.807, 2.05) is 17.5 Å². The van der Waals surface area contributed by atoms with Gasteiger partial charge in [0.05, 0.1) is 10.6 Å². The van der Waals surface area contributed by atoms with E-state index < -0.39 is 17.6 Å². The van der Waals surface area contributed by atoms with Crippen molar-refractivity contribution in [2.75, 3.05) is 0 Å². The SMILES string of the molecule is O=C1OC(c2cc(F)c(F)cc2Cl)=N/C1=C/c1cccs1. The number of nitrogens with zero attached hydrogens (tertiary/aromatic N) is 1. The van der Waals surface area contributed by atoms with Crippen molar-refractivity contribution >= 4 is 40.9 Å². The minimum absolute atomic E-state index is 0.0264. The standard InChI is InChI=1S/C14H6ClF2NO2S/c15-9-6-11(17)10(16)5-8(9)13-18-12(14(19)20-13)4-7-2-1-3-21-7/h1-6H/b12-4+. The molecule has 0 N–H and O–H groups in total. The molecule has 3 rings (SSSR count). The van der Waals surface area contributed by atoms with Crippen LogP contribution in [0.1, 0.15) is 10.4 Å². The molecule has 0 radical (unpaired) electrons. The molecule has 0 atom stereocenters. The van der Waals surface area contributed by atoms with E-state index in [4.69, 9.17) is 16.3 Å². The van der Waals surface area contributed by atoms with E-state index in [1.165, 1.54) is 11.3 Å². The minimum atomic E-state index is -1.09. The molecule has 0 fully saturated rings. The first-order valence-electron chi connectivity index (χ1n) is 5.75. The summed E-state index contributed by atoms with van der Waals surface area (Å²) >= 11 is 7.25. The highest BCUT2D eigenvalue weighted by Gasteiger charge is 2.26. The predicted octanol–water partition coefficient (Wildman–Crippen LogP) is 4.02. The van der Waals surface area contributed by atoms with Crippen LogP contribution in [-0.4, -0.2) is 11.9 Å². The highest BCUT2D eigenvalue weighted by atomic mass is 35.5. The van der Waals surface area contributed by atoms with Gasteiger partial charge in [0.2, 0.25) is 5.90 Å². The summed E-state index contributed by atoms with van der Waals surface area (Å²) in [5, 5.41) is 1.77. The van der Waals surface area contributed by atoms with Crippen molar-refractivity contribution in [2.45, 2.75) is 0 Å². The number of hydrogen-bond donors (Lipinski definition) is 0. The van der Waals surface area contributed by atoms with Crippen molar-refractivity contribution in [3.05, 3.63) is 62.4 Å². The monoisotopic (exact) mass is 325 g/mol. The van der Waals surface area contributed by atoms with Crippen LogP contribution < -0.4 is 0 Å². The smallest absolute Gasteiger partial charge is 0.363 e. The fraction of sp³-hybridized carbons (Fsp3) is 0. The molecule has 106 valence electrons. The number of rotatable bonds is 2. The van der Waals surface area contributed by atoms with Crippen molar-refractivity contribution in [1.29, 1.82) is 0 Å². The Labute approximate surface area is 127 Å². The quantitative estimate of drug-likeness (QED) is 0.475. The highest BCUT2D eigenvalue weighted by molar-refractivity contribution is 7.10. The molecule has 2 aromatic rings. The molecule has 1 aromatic carbocycles. The van der Waals surface area contributed by atoms with E-state index in [1.54, 1.807) is 6.08 Å². The Morgan fingerprint density at radius 2 is 2.05 bits per heavy atom. The third-order valence-corrected chi connectivity index (χ3v) is 3.82. The average Bonchev–Trinajstić information content (AvgIpc) is 3.05. The van der Waals surface area contributed by atoms with Gasteiger partial charge in [0, 0.05) is 4.88 Å². The van der Waals surface area contributed by atoms with Gasteiger partial charge in [0.25, 0.3) is 0 Å². The molecule has 0 aliphatic carbocycles. The van der Waals surface area contributed by atoms with E-state index in [0.29, 0.717) is 0 Å². The van der Waals surface area contributed by atoms with Gasteiger partial charge in [-0.15, -0.1) is 11.3 Å². The lowest BCUT2D eigenvalue weighted by molar-refractivity contribution is -0.129. The van der Waals surface area contributed by atoms with Gasteiger partial charge >= 0.3 is 5.97 Å². The molecule has 0 saturated carbocycles. The normalized spacial score (nSPS) is 16.2. The summed E-state index contributed by atoms with van der Waals surface area (Å²) in [4.78, 5) is 16.5. The first-order chi connectivity index (χ1) is 10.0. The summed E-state index contributed by atoms with van der Waals surface area (Å²) in [5.74, 6) is -2.99. The van der Waals surface area contributed by atoms with Gasteiger partial charge in [-0.3, -0.25) is 0 Å². The van der Waals surface area contributed by atoms with Crippen molar-refractivity contribution in [1.82, 2.24) is 0 Å². The topological polar surface area (TPSA) is 38.7 Å². The van der Waals surface area contributed by atoms with Crippen LogP contribution in [0.4, 0.5) is 8.78 Å². The molecular weight excluding hydrogens is 320 g/mol. The zero-order valence-corrected chi connectivity index (χ0v) is 11.8. The lowest BCUT2D eigenvalue weighted by Crippen LogP contribution is -2.07. The van der Waals surface area contributed by atoms with Gasteiger partial charge < -0.3 is 4.74 Å². The fourth-order valence-corrected chi connectivity index (χ4v) is 2.60. The highest BCUT2D eigenvalue weighted by Crippen LogP contribution is 2.26. The molecule has 0 saturated heterocycles. The number of thiophene rings is 1. The molecule has 2 heterocycles. The molecular formula is C14H6ClF2NO2S. The second-order valence-corrected chi connectivity index (χ2v) is 5.48. The summed E-state index contributed by atoms with van der Waals surface area (Å²) < 4.78 is 31.3. The largest absolute Gasteiger partial charge is 0.402 e. The Kier molecular flexibility index (Phi) is 3.57. The maximum atomic E-state index is 13.3. The molecule has 1 aliphatic heterocycles. The fourth-order valence-electron chi connectivity index (χ4n) is 1.72. The van der Waals surface area contributed by atoms with E-state index in [0.717, 1.165) is 17.0 Å². The third kappa shape index (κ3) is 2.72. The molecule has 0 amide bonds. The Morgan fingerprint density at radius 3 is 2.76 bits per heavy atom. The summed E-state index contributed by atoms with van der Waals surface area (Å²) in [6, 6.07) is 5.29. The third-order valence-electron chi connectivity index (χ3n) is 2.68. The van der Waals surface area contributed by atoms with Crippen LogP contribution in [0, 0.1) is 11.6 Å². The number of benzene rings is 1. The summed E-state index contributed by atoms with van der Waals surface area (Å²) in [6.07, 6.45) is 1.55. The second-order valence-electron chi connectivity index (χ2n) is 4.10. The maximum absolute atomic E-state index is 13.3. The van der Waals surface area contributed by atoms with Gasteiger partial charge in [-0.2, -0.15) is 0 Å². The van der Waals surface area contributed by atoms with E-state index >= 15 is 0 Å². The van der Waals surface area contributed by atoms with Gasteiger partial charge in [-0.1, -0.05) is 17.7 Å². The zero-order valence-electron chi connectivity index (χ0n) is 10.3. The molecule has 1 aliphatic rings. The van der Waals surface area contributed by atoms with Crippen LogP contribution in [0.15, 0.2) is 40.3 Å². The minimum Gasteiger partial charge on any atom is -0.402 e. The summed E-state index contributed by atoms with van der Waals surface area (Å²) in [5.41, 5.74) is 0.103. The first-order valence-corrected chi connectivity index (χ1v) is 7.01. The van der Waals surface area contributed by atoms with Crippen LogP contribution in [0.2, 0.25) is 5.02 Å². The number of esters is 1. The van der Waals surface area contributed by atoms with Gasteiger partial charge in [0.1, 0.15) is 0 Å². The number of carbonyl (C=O) groups excluding carboxylic acids is 1. The number of carbonyl (C=O) groups is 1. The lowest BCUT2D eigenvalue weighted by atomic mass is 10.2.